The van der Waals surface area contributed by atoms with Gasteiger partial charge in [-0.2, -0.15) is 0 Å². The van der Waals surface area contributed by atoms with Gasteiger partial charge in [-0.05, 0) is 19.4 Å². The number of benzene rings is 2. The molecule has 162 valence electrons. The average molecular weight is 428 g/mol. The lowest BCUT2D eigenvalue weighted by Crippen LogP contribution is -2.22. The zero-order valence-electron chi connectivity index (χ0n) is 16.8. The molecular weight excluding hydrogens is 408 g/mol. The Kier molecular flexibility index (Phi) is 6.61. The summed E-state index contributed by atoms with van der Waals surface area (Å²) in [6, 6.07) is 11.7. The van der Waals surface area contributed by atoms with Crippen molar-refractivity contribution in [3.63, 3.8) is 0 Å². The van der Waals surface area contributed by atoms with Gasteiger partial charge in [-0.3, -0.25) is 20.2 Å². The molecule has 31 heavy (non-hydrogen) atoms. The van der Waals surface area contributed by atoms with E-state index in [9.17, 15) is 25.0 Å². The van der Waals surface area contributed by atoms with E-state index in [1.165, 1.54) is 42.5 Å². The number of carbonyl (C=O) groups is 1. The summed E-state index contributed by atoms with van der Waals surface area (Å²) in [4.78, 5) is 33.3. The molecule has 1 saturated heterocycles. The van der Waals surface area contributed by atoms with Gasteiger partial charge in [0.25, 0.3) is 11.4 Å². The Balaban J connectivity index is 1.96. The summed E-state index contributed by atoms with van der Waals surface area (Å²) in [5.41, 5.74) is 0.625. The third-order valence-electron chi connectivity index (χ3n) is 4.37. The van der Waals surface area contributed by atoms with Crippen molar-refractivity contribution in [2.75, 3.05) is 0 Å². The molecule has 1 aliphatic rings. The molecule has 0 radical (unpaired) electrons. The molecular formula is C21H20N2O8. The molecule has 0 N–H and O–H groups in total. The van der Waals surface area contributed by atoms with Crippen LogP contribution in [0.4, 0.5) is 11.4 Å². The van der Waals surface area contributed by atoms with Crippen LogP contribution in [0.5, 0.6) is 0 Å². The molecule has 10 nitrogen and oxygen atoms in total. The minimum atomic E-state index is -1.06. The highest BCUT2D eigenvalue weighted by Crippen LogP contribution is 2.40. The second-order valence-corrected chi connectivity index (χ2v) is 7.08. The van der Waals surface area contributed by atoms with E-state index in [4.69, 9.17) is 14.2 Å². The van der Waals surface area contributed by atoms with Crippen molar-refractivity contribution in [3.8, 4) is 0 Å². The molecule has 10 heteroatoms. The van der Waals surface area contributed by atoms with Crippen molar-refractivity contribution in [1.29, 1.82) is 0 Å². The number of rotatable bonds is 6. The Morgan fingerprint density at radius 2 is 1.65 bits per heavy atom. The van der Waals surface area contributed by atoms with E-state index in [0.29, 0.717) is 11.1 Å². The lowest BCUT2D eigenvalue weighted by molar-refractivity contribution is -0.385. The SMILES string of the molecule is CC(C)OC(=O)/C=C1\C[C@@H](c2cccc([N+](=O)[O-])c2)O[C@@H](c2cccc([N+](=O)[O-])c2)O1. The van der Waals surface area contributed by atoms with E-state index in [2.05, 4.69) is 0 Å². The number of esters is 1. The summed E-state index contributed by atoms with van der Waals surface area (Å²) in [6.45, 7) is 3.41. The maximum Gasteiger partial charge on any atom is 0.334 e. The minimum absolute atomic E-state index is 0.107. The van der Waals surface area contributed by atoms with E-state index in [1.807, 2.05) is 0 Å². The quantitative estimate of drug-likeness (QED) is 0.284. The topological polar surface area (TPSA) is 131 Å². The Bertz CT molecular complexity index is 966. The van der Waals surface area contributed by atoms with Crippen molar-refractivity contribution in [1.82, 2.24) is 0 Å². The number of nitro groups is 2. The van der Waals surface area contributed by atoms with Gasteiger partial charge in [-0.1, -0.05) is 24.3 Å². The zero-order valence-corrected chi connectivity index (χ0v) is 16.8. The van der Waals surface area contributed by atoms with Crippen LogP contribution in [-0.2, 0) is 19.0 Å². The predicted octanol–water partition coefficient (Wildman–Crippen LogP) is 4.52. The first-order valence-corrected chi connectivity index (χ1v) is 9.45. The Morgan fingerprint density at radius 3 is 2.23 bits per heavy atom. The Hall–Kier alpha value is -3.79. The predicted molar refractivity (Wildman–Crippen MR) is 108 cm³/mol. The number of hydrogen-bond donors (Lipinski definition) is 0. The van der Waals surface area contributed by atoms with Crippen molar-refractivity contribution in [2.24, 2.45) is 0 Å². The first-order valence-electron chi connectivity index (χ1n) is 9.45. The highest BCUT2D eigenvalue weighted by molar-refractivity contribution is 5.82. The van der Waals surface area contributed by atoms with Crippen LogP contribution >= 0.6 is 0 Å². The second-order valence-electron chi connectivity index (χ2n) is 7.08. The fourth-order valence-corrected chi connectivity index (χ4v) is 3.05. The average Bonchev–Trinajstić information content (AvgIpc) is 2.73. The largest absolute Gasteiger partial charge is 0.465 e. The van der Waals surface area contributed by atoms with Gasteiger partial charge in [0.1, 0.15) is 5.76 Å². The molecule has 2 aromatic rings. The highest BCUT2D eigenvalue weighted by Gasteiger charge is 2.31. The van der Waals surface area contributed by atoms with Crippen LogP contribution in [0.1, 0.15) is 43.8 Å². The first kappa shape index (κ1) is 21.9. The molecule has 1 fully saturated rings. The van der Waals surface area contributed by atoms with Gasteiger partial charge in [-0.25, -0.2) is 4.79 Å². The van der Waals surface area contributed by atoms with Crippen LogP contribution in [0.25, 0.3) is 0 Å². The first-order chi connectivity index (χ1) is 14.7. The third kappa shape index (κ3) is 5.64. The van der Waals surface area contributed by atoms with E-state index >= 15 is 0 Å². The fourth-order valence-electron chi connectivity index (χ4n) is 3.05. The number of hydrogen-bond acceptors (Lipinski definition) is 8. The molecule has 0 unspecified atom stereocenters. The van der Waals surface area contributed by atoms with E-state index in [1.54, 1.807) is 26.0 Å². The number of ether oxygens (including phenoxy) is 3. The van der Waals surface area contributed by atoms with Crippen molar-refractivity contribution >= 4 is 17.3 Å². The molecule has 1 aliphatic heterocycles. The second kappa shape index (κ2) is 9.35. The smallest absolute Gasteiger partial charge is 0.334 e. The molecule has 1 heterocycles. The van der Waals surface area contributed by atoms with Crippen LogP contribution in [-0.4, -0.2) is 21.9 Å². The normalized spacial score (nSPS) is 19.6. The molecule has 0 aliphatic carbocycles. The summed E-state index contributed by atoms with van der Waals surface area (Å²) in [5.74, 6) is -0.368. The molecule has 0 bridgehead atoms. The molecule has 3 rings (SSSR count). The van der Waals surface area contributed by atoms with Gasteiger partial charge in [0, 0.05) is 36.2 Å². The number of nitro benzene ring substituents is 2. The van der Waals surface area contributed by atoms with Crippen molar-refractivity contribution < 1.29 is 28.9 Å². The van der Waals surface area contributed by atoms with Gasteiger partial charge in [0.05, 0.1) is 28.1 Å². The zero-order chi connectivity index (χ0) is 22.5. The molecule has 2 atom stereocenters. The summed E-state index contributed by atoms with van der Waals surface area (Å²) < 4.78 is 16.9. The van der Waals surface area contributed by atoms with Gasteiger partial charge < -0.3 is 14.2 Å². The van der Waals surface area contributed by atoms with Gasteiger partial charge in [0.2, 0.25) is 6.29 Å². The lowest BCUT2D eigenvalue weighted by atomic mass is 10.0. The summed E-state index contributed by atoms with van der Waals surface area (Å²) in [5, 5.41) is 22.3. The Labute approximate surface area is 177 Å². The lowest BCUT2D eigenvalue weighted by Gasteiger charge is -2.32. The summed E-state index contributed by atoms with van der Waals surface area (Å²) in [7, 11) is 0. The minimum Gasteiger partial charge on any atom is -0.465 e. The van der Waals surface area contributed by atoms with Crippen LogP contribution in [0, 0.1) is 20.2 Å². The van der Waals surface area contributed by atoms with Gasteiger partial charge >= 0.3 is 5.97 Å². The van der Waals surface area contributed by atoms with Crippen LogP contribution in [0.15, 0.2) is 60.4 Å². The monoisotopic (exact) mass is 428 g/mol. The Morgan fingerprint density at radius 1 is 1.06 bits per heavy atom. The molecule has 2 aromatic carbocycles. The maximum atomic E-state index is 12.1. The number of non-ortho nitro benzene ring substituents is 2. The van der Waals surface area contributed by atoms with Crippen LogP contribution < -0.4 is 0 Å². The molecule has 0 saturated carbocycles. The van der Waals surface area contributed by atoms with Crippen molar-refractivity contribution in [3.05, 3.63) is 91.7 Å². The van der Waals surface area contributed by atoms with E-state index in [0.717, 1.165) is 0 Å². The molecule has 0 amide bonds. The fraction of sp³-hybridized carbons (Fsp3) is 0.286. The summed E-state index contributed by atoms with van der Waals surface area (Å²) in [6.07, 6.45) is -0.756. The number of nitrogens with zero attached hydrogens (tertiary/aromatic N) is 2. The van der Waals surface area contributed by atoms with Crippen LogP contribution in [0.3, 0.4) is 0 Å². The molecule has 0 aromatic heterocycles. The summed E-state index contributed by atoms with van der Waals surface area (Å²) >= 11 is 0. The third-order valence-corrected chi connectivity index (χ3v) is 4.37. The van der Waals surface area contributed by atoms with Crippen LogP contribution in [0.2, 0.25) is 0 Å². The van der Waals surface area contributed by atoms with E-state index in [-0.39, 0.29) is 29.7 Å². The number of carbonyl (C=O) groups excluding carboxylic acids is 1. The standard InChI is InChI=1S/C21H20N2O8/c1-13(2)29-20(24)12-18-11-19(14-5-3-7-16(9-14)22(25)26)31-21(30-18)15-6-4-8-17(10-15)23(27)28/h3-10,12-13,19,21H,11H2,1-2H3/b18-12+/t19-,21-/m0/s1. The highest BCUT2D eigenvalue weighted by atomic mass is 16.7. The maximum absolute atomic E-state index is 12.1. The van der Waals surface area contributed by atoms with E-state index < -0.39 is 28.2 Å². The van der Waals surface area contributed by atoms with Crippen molar-refractivity contribution in [2.45, 2.75) is 38.8 Å². The van der Waals surface area contributed by atoms with Gasteiger partial charge in [0.15, 0.2) is 0 Å². The van der Waals surface area contributed by atoms with Gasteiger partial charge in [-0.15, -0.1) is 0 Å². The molecule has 0 spiro atoms.